The lowest BCUT2D eigenvalue weighted by Crippen LogP contribution is -2.01. The molecule has 98 valence electrons. The minimum Gasteiger partial charge on any atom is -0.144 e. The Morgan fingerprint density at radius 3 is 1.00 bits per heavy atom. The van der Waals surface area contributed by atoms with Crippen molar-refractivity contribution in [2.75, 3.05) is 0 Å². The monoisotopic (exact) mass is 252 g/mol. The van der Waals surface area contributed by atoms with Gasteiger partial charge < -0.3 is 0 Å². The second-order valence-corrected chi connectivity index (χ2v) is 7.36. The summed E-state index contributed by atoms with van der Waals surface area (Å²) in [4.78, 5) is 3.24. The van der Waals surface area contributed by atoms with E-state index < -0.39 is 0 Å². The van der Waals surface area contributed by atoms with Gasteiger partial charge in [-0.05, 0) is 34.8 Å². The van der Waals surface area contributed by atoms with Gasteiger partial charge in [0.1, 0.15) is 0 Å². The smallest absolute Gasteiger partial charge is 0.0111 e. The molecule has 1 aromatic rings. The van der Waals surface area contributed by atoms with Crippen LogP contribution < -0.4 is 0 Å². The van der Waals surface area contributed by atoms with E-state index in [2.05, 4.69) is 66.7 Å². The van der Waals surface area contributed by atoms with Crippen molar-refractivity contribution >= 4 is 11.3 Å². The molecule has 0 nitrogen and oxygen atoms in total. The summed E-state index contributed by atoms with van der Waals surface area (Å²) in [5, 5.41) is 0. The van der Waals surface area contributed by atoms with Gasteiger partial charge in [-0.1, -0.05) is 55.4 Å². The van der Waals surface area contributed by atoms with Gasteiger partial charge in [0.2, 0.25) is 0 Å². The molecule has 1 rings (SSSR count). The maximum absolute atomic E-state index is 2.34. The van der Waals surface area contributed by atoms with E-state index in [-0.39, 0.29) is 0 Å². The molecule has 0 N–H and O–H groups in total. The third kappa shape index (κ3) is 2.93. The second-order valence-electron chi connectivity index (χ2n) is 6.28. The molecule has 1 heterocycles. The molecule has 0 bridgehead atoms. The van der Waals surface area contributed by atoms with Gasteiger partial charge in [-0.3, -0.25) is 0 Å². The van der Waals surface area contributed by atoms with Gasteiger partial charge in [-0.15, -0.1) is 11.3 Å². The van der Waals surface area contributed by atoms with Crippen LogP contribution in [0.25, 0.3) is 0 Å². The van der Waals surface area contributed by atoms with E-state index in [1.807, 2.05) is 0 Å². The van der Waals surface area contributed by atoms with E-state index in [9.17, 15) is 0 Å². The van der Waals surface area contributed by atoms with Crippen LogP contribution in [0, 0.1) is 0 Å². The van der Waals surface area contributed by atoms with Crippen molar-refractivity contribution in [1.82, 2.24) is 0 Å². The topological polar surface area (TPSA) is 0 Å². The van der Waals surface area contributed by atoms with Crippen LogP contribution >= 0.6 is 11.3 Å². The average molecular weight is 252 g/mol. The molecule has 0 saturated heterocycles. The van der Waals surface area contributed by atoms with Crippen molar-refractivity contribution in [3.63, 3.8) is 0 Å². The zero-order valence-electron chi connectivity index (χ0n) is 12.7. The summed E-state index contributed by atoms with van der Waals surface area (Å²) < 4.78 is 0. The molecule has 0 radical (unpaired) electrons. The summed E-state index contributed by atoms with van der Waals surface area (Å²) in [6.07, 6.45) is 0. The molecule has 0 amide bonds. The van der Waals surface area contributed by atoms with E-state index in [0.29, 0.717) is 23.7 Å². The Hall–Kier alpha value is -0.300. The Morgan fingerprint density at radius 2 is 0.824 bits per heavy atom. The highest BCUT2D eigenvalue weighted by atomic mass is 32.1. The fraction of sp³-hybridized carbons (Fsp3) is 0.750. The lowest BCUT2D eigenvalue weighted by Gasteiger charge is -2.17. The maximum Gasteiger partial charge on any atom is 0.0111 e. The summed E-state index contributed by atoms with van der Waals surface area (Å²) in [7, 11) is 0. The predicted octanol–water partition coefficient (Wildman–Crippen LogP) is 6.24. The molecule has 1 aromatic heterocycles. The Morgan fingerprint density at radius 1 is 0.529 bits per heavy atom. The summed E-state index contributed by atoms with van der Waals surface area (Å²) in [5.41, 5.74) is 3.28. The summed E-state index contributed by atoms with van der Waals surface area (Å²) in [6.45, 7) is 18.7. The highest BCUT2D eigenvalue weighted by Gasteiger charge is 2.24. The molecule has 0 fully saturated rings. The fourth-order valence-corrected chi connectivity index (χ4v) is 4.16. The van der Waals surface area contributed by atoms with E-state index in [1.165, 1.54) is 0 Å². The normalized spacial score (nSPS) is 12.5. The number of thiophene rings is 1. The lowest BCUT2D eigenvalue weighted by molar-refractivity contribution is 0.749. The van der Waals surface area contributed by atoms with E-state index in [4.69, 9.17) is 0 Å². The fourth-order valence-electron chi connectivity index (χ4n) is 2.54. The third-order valence-corrected chi connectivity index (χ3v) is 5.07. The first-order chi connectivity index (χ1) is 7.77. The first-order valence-corrected chi connectivity index (χ1v) is 7.75. The first-order valence-electron chi connectivity index (χ1n) is 6.93. The summed E-state index contributed by atoms with van der Waals surface area (Å²) in [6, 6.07) is 0. The molecule has 0 aliphatic rings. The van der Waals surface area contributed by atoms with Crippen molar-refractivity contribution in [2.24, 2.45) is 0 Å². The minimum atomic E-state index is 0.647. The van der Waals surface area contributed by atoms with Crippen LogP contribution in [0.2, 0.25) is 0 Å². The maximum atomic E-state index is 2.34. The predicted molar refractivity (Wildman–Crippen MR) is 80.7 cm³/mol. The van der Waals surface area contributed by atoms with Gasteiger partial charge in [0, 0.05) is 9.75 Å². The van der Waals surface area contributed by atoms with Crippen LogP contribution in [0.5, 0.6) is 0 Å². The zero-order chi connectivity index (χ0) is 13.3. The molecule has 17 heavy (non-hydrogen) atoms. The largest absolute Gasteiger partial charge is 0.144 e. The lowest BCUT2D eigenvalue weighted by atomic mass is 9.87. The first kappa shape index (κ1) is 14.8. The highest BCUT2D eigenvalue weighted by Crippen LogP contribution is 2.44. The van der Waals surface area contributed by atoms with Crippen LogP contribution in [0.1, 0.15) is 99.9 Å². The van der Waals surface area contributed by atoms with Crippen LogP contribution in [-0.2, 0) is 0 Å². The van der Waals surface area contributed by atoms with Gasteiger partial charge in [-0.25, -0.2) is 0 Å². The third-order valence-electron chi connectivity index (χ3n) is 3.24. The summed E-state index contributed by atoms with van der Waals surface area (Å²) in [5.74, 6) is 2.60. The molecule has 0 spiro atoms. The molecular formula is C16H28S. The molecule has 0 atom stereocenters. The highest BCUT2D eigenvalue weighted by molar-refractivity contribution is 7.12. The van der Waals surface area contributed by atoms with E-state index >= 15 is 0 Å². The van der Waals surface area contributed by atoms with Crippen molar-refractivity contribution in [3.05, 3.63) is 20.9 Å². The summed E-state index contributed by atoms with van der Waals surface area (Å²) >= 11 is 2.06. The van der Waals surface area contributed by atoms with Crippen LogP contribution in [0.15, 0.2) is 0 Å². The molecule has 1 heteroatoms. The van der Waals surface area contributed by atoms with E-state index in [1.54, 1.807) is 20.9 Å². The van der Waals surface area contributed by atoms with Gasteiger partial charge in [0.15, 0.2) is 0 Å². The van der Waals surface area contributed by atoms with Crippen molar-refractivity contribution < 1.29 is 0 Å². The molecule has 0 aromatic carbocycles. The van der Waals surface area contributed by atoms with Gasteiger partial charge in [0.25, 0.3) is 0 Å². The number of hydrogen-bond acceptors (Lipinski definition) is 1. The van der Waals surface area contributed by atoms with Gasteiger partial charge in [0.05, 0.1) is 0 Å². The standard InChI is InChI=1S/C16H28S/c1-9(2)13-14(10(3)4)16(12(7)8)17-15(13)11(5)6/h9-12H,1-8H3. The average Bonchev–Trinajstić information content (AvgIpc) is 2.56. The van der Waals surface area contributed by atoms with Crippen LogP contribution in [0.3, 0.4) is 0 Å². The van der Waals surface area contributed by atoms with Gasteiger partial charge in [-0.2, -0.15) is 0 Å². The Labute approximate surface area is 111 Å². The Bertz CT molecular complexity index is 333. The van der Waals surface area contributed by atoms with Crippen molar-refractivity contribution in [1.29, 1.82) is 0 Å². The van der Waals surface area contributed by atoms with Crippen molar-refractivity contribution in [3.8, 4) is 0 Å². The molecular weight excluding hydrogens is 224 g/mol. The zero-order valence-corrected chi connectivity index (χ0v) is 13.5. The Balaban J connectivity index is 3.49. The molecule has 0 saturated carbocycles. The van der Waals surface area contributed by atoms with Crippen molar-refractivity contribution in [2.45, 2.75) is 79.1 Å². The minimum absolute atomic E-state index is 0.647. The molecule has 0 aliphatic carbocycles. The van der Waals surface area contributed by atoms with Gasteiger partial charge >= 0.3 is 0 Å². The van der Waals surface area contributed by atoms with Crippen LogP contribution in [-0.4, -0.2) is 0 Å². The SMILES string of the molecule is CC(C)c1sc(C(C)C)c(C(C)C)c1C(C)C. The number of hydrogen-bond donors (Lipinski definition) is 0. The number of rotatable bonds is 4. The quantitative estimate of drug-likeness (QED) is 0.595. The molecule has 0 unspecified atom stereocenters. The van der Waals surface area contributed by atoms with E-state index in [0.717, 1.165) is 0 Å². The second kappa shape index (κ2) is 5.56. The molecule has 0 aliphatic heterocycles. The Kier molecular flexibility index (Phi) is 4.83. The van der Waals surface area contributed by atoms with Crippen LogP contribution in [0.4, 0.5) is 0 Å².